The predicted molar refractivity (Wildman–Crippen MR) is 153 cm³/mol. The number of benzene rings is 2. The Morgan fingerprint density at radius 2 is 1.77 bits per heavy atom. The van der Waals surface area contributed by atoms with E-state index in [0.29, 0.717) is 48.9 Å². The molecule has 0 aliphatic carbocycles. The van der Waals surface area contributed by atoms with Crippen molar-refractivity contribution in [3.8, 4) is 17.2 Å². The number of nitrogens with zero attached hydrogens (tertiary/aromatic N) is 5. The zero-order valence-electron chi connectivity index (χ0n) is 24.1. The van der Waals surface area contributed by atoms with E-state index in [0.717, 1.165) is 28.9 Å². The van der Waals surface area contributed by atoms with Gasteiger partial charge >= 0.3 is 0 Å². The number of hydrogen-bond acceptors (Lipinski definition) is 8. The summed E-state index contributed by atoms with van der Waals surface area (Å²) in [5, 5.41) is 13.9. The van der Waals surface area contributed by atoms with E-state index in [9.17, 15) is 4.79 Å². The van der Waals surface area contributed by atoms with Gasteiger partial charge in [-0.05, 0) is 66.4 Å². The van der Waals surface area contributed by atoms with Gasteiger partial charge in [0.05, 0.1) is 24.2 Å². The van der Waals surface area contributed by atoms with Crippen molar-refractivity contribution in [1.29, 1.82) is 0 Å². The van der Waals surface area contributed by atoms with Crippen LogP contribution in [0, 0.1) is 5.92 Å². The lowest BCUT2D eigenvalue weighted by atomic mass is 9.97. The standard InChI is InChI=1S/C30H38N6O4/c1-7-30(4,5)36-28(32-33-34-36)27(19(2)3)35(17-20-8-10-23(38-6)11-9-20)18-22-14-21-15-25-26(40-13-12-39-25)16-24(21)31-29(22)37/h8-11,14-16,19,27H,7,12-13,17-18H2,1-6H3,(H,31,37)/t27-/m0/s1. The Bertz CT molecular complexity index is 1530. The molecule has 1 aliphatic rings. The van der Waals surface area contributed by atoms with Crippen molar-refractivity contribution in [2.45, 2.75) is 65.7 Å². The quantitative estimate of drug-likeness (QED) is 0.301. The van der Waals surface area contributed by atoms with Crippen LogP contribution in [0.5, 0.6) is 17.2 Å². The first-order valence-corrected chi connectivity index (χ1v) is 13.8. The molecule has 40 heavy (non-hydrogen) atoms. The molecule has 0 unspecified atom stereocenters. The number of H-pyrrole nitrogens is 1. The van der Waals surface area contributed by atoms with Crippen molar-refractivity contribution in [2.75, 3.05) is 20.3 Å². The van der Waals surface area contributed by atoms with Crippen LogP contribution < -0.4 is 19.8 Å². The van der Waals surface area contributed by atoms with Crippen molar-refractivity contribution < 1.29 is 14.2 Å². The minimum absolute atomic E-state index is 0.139. The van der Waals surface area contributed by atoms with E-state index in [4.69, 9.17) is 14.2 Å². The molecule has 10 nitrogen and oxygen atoms in total. The molecule has 2 aromatic carbocycles. The molecule has 4 aromatic rings. The highest BCUT2D eigenvalue weighted by atomic mass is 16.6. The van der Waals surface area contributed by atoms with Crippen LogP contribution >= 0.6 is 0 Å². The second kappa shape index (κ2) is 11.3. The van der Waals surface area contributed by atoms with Crippen LogP contribution in [0.25, 0.3) is 10.9 Å². The fourth-order valence-corrected chi connectivity index (χ4v) is 5.18. The molecule has 1 aliphatic heterocycles. The number of ether oxygens (including phenoxy) is 3. The van der Waals surface area contributed by atoms with Gasteiger partial charge in [-0.1, -0.05) is 32.9 Å². The normalized spacial score (nSPS) is 14.2. The molecule has 0 radical (unpaired) electrons. The summed E-state index contributed by atoms with van der Waals surface area (Å²) in [6, 6.07) is 13.6. The Morgan fingerprint density at radius 1 is 1.07 bits per heavy atom. The maximum absolute atomic E-state index is 13.4. The molecule has 0 spiro atoms. The molecule has 0 saturated carbocycles. The highest BCUT2D eigenvalue weighted by molar-refractivity contribution is 5.83. The summed E-state index contributed by atoms with van der Waals surface area (Å²) in [4.78, 5) is 18.8. The van der Waals surface area contributed by atoms with E-state index in [1.54, 1.807) is 7.11 Å². The molecule has 3 heterocycles. The molecular weight excluding hydrogens is 508 g/mol. The number of tetrazole rings is 1. The lowest BCUT2D eigenvalue weighted by Crippen LogP contribution is -2.38. The van der Waals surface area contributed by atoms with Crippen molar-refractivity contribution in [3.05, 3.63) is 69.8 Å². The molecule has 1 N–H and O–H groups in total. The number of methoxy groups -OCH3 is 1. The maximum Gasteiger partial charge on any atom is 0.252 e. The molecular formula is C30H38N6O4. The van der Waals surface area contributed by atoms with Crippen LogP contribution in [0.4, 0.5) is 0 Å². The van der Waals surface area contributed by atoms with E-state index in [-0.39, 0.29) is 23.1 Å². The van der Waals surface area contributed by atoms with Gasteiger partial charge in [0, 0.05) is 30.1 Å². The number of hydrogen-bond donors (Lipinski definition) is 1. The second-order valence-corrected chi connectivity index (χ2v) is 11.3. The zero-order valence-corrected chi connectivity index (χ0v) is 24.1. The number of pyridine rings is 1. The first-order chi connectivity index (χ1) is 19.2. The van der Waals surface area contributed by atoms with Crippen LogP contribution in [-0.2, 0) is 18.6 Å². The molecule has 2 aromatic heterocycles. The van der Waals surface area contributed by atoms with Gasteiger partial charge in [0.1, 0.15) is 19.0 Å². The SMILES string of the molecule is CCC(C)(C)n1nnnc1[C@H](C(C)C)N(Cc1ccc(OC)cc1)Cc1cc2cc3c(cc2[nH]c1=O)OCCO3. The topological polar surface area (TPSA) is 107 Å². The number of rotatable bonds is 10. The van der Waals surface area contributed by atoms with Crippen molar-refractivity contribution in [3.63, 3.8) is 0 Å². The van der Waals surface area contributed by atoms with Crippen LogP contribution in [0.2, 0.25) is 0 Å². The Balaban J connectivity index is 1.58. The lowest BCUT2D eigenvalue weighted by Gasteiger charge is -2.35. The molecule has 0 fully saturated rings. The Labute approximate surface area is 234 Å². The van der Waals surface area contributed by atoms with Crippen LogP contribution in [0.3, 0.4) is 0 Å². The van der Waals surface area contributed by atoms with Gasteiger partial charge in [-0.25, -0.2) is 4.68 Å². The summed E-state index contributed by atoms with van der Waals surface area (Å²) in [6.07, 6.45) is 0.870. The molecule has 5 rings (SSSR count). The van der Waals surface area contributed by atoms with Crippen LogP contribution in [0.15, 0.2) is 47.3 Å². The van der Waals surface area contributed by atoms with Gasteiger partial charge in [-0.3, -0.25) is 9.69 Å². The number of aromatic amines is 1. The van der Waals surface area contributed by atoms with Crippen LogP contribution in [0.1, 0.15) is 64.0 Å². The summed E-state index contributed by atoms with van der Waals surface area (Å²) in [7, 11) is 1.66. The van der Waals surface area contributed by atoms with Crippen molar-refractivity contribution in [1.82, 2.24) is 30.1 Å². The minimum Gasteiger partial charge on any atom is -0.497 e. The minimum atomic E-state index is -0.265. The number of fused-ring (bicyclic) bond motifs is 2. The van der Waals surface area contributed by atoms with E-state index in [1.165, 1.54) is 0 Å². The Kier molecular flexibility index (Phi) is 7.80. The average Bonchev–Trinajstić information content (AvgIpc) is 3.43. The van der Waals surface area contributed by atoms with E-state index >= 15 is 0 Å². The predicted octanol–water partition coefficient (Wildman–Crippen LogP) is 4.84. The fourth-order valence-electron chi connectivity index (χ4n) is 5.18. The van der Waals surface area contributed by atoms with Gasteiger partial charge < -0.3 is 19.2 Å². The average molecular weight is 547 g/mol. The Hall–Kier alpha value is -3.92. The fraction of sp³-hybridized carbons (Fsp3) is 0.467. The van der Waals surface area contributed by atoms with E-state index < -0.39 is 0 Å². The van der Waals surface area contributed by atoms with Crippen LogP contribution in [-0.4, -0.2) is 50.4 Å². The van der Waals surface area contributed by atoms with Gasteiger partial charge in [0.15, 0.2) is 17.3 Å². The highest BCUT2D eigenvalue weighted by Gasteiger charge is 2.34. The third kappa shape index (κ3) is 5.54. The molecule has 0 bridgehead atoms. The number of nitrogens with one attached hydrogen (secondary N) is 1. The summed E-state index contributed by atoms with van der Waals surface area (Å²) in [6.45, 7) is 12.7. The first-order valence-electron chi connectivity index (χ1n) is 13.8. The van der Waals surface area contributed by atoms with Crippen molar-refractivity contribution >= 4 is 10.9 Å². The smallest absolute Gasteiger partial charge is 0.252 e. The summed E-state index contributed by atoms with van der Waals surface area (Å²) in [5.41, 5.74) is 2.06. The number of aromatic nitrogens is 5. The molecule has 0 saturated heterocycles. The molecule has 0 amide bonds. The molecule has 10 heteroatoms. The van der Waals surface area contributed by atoms with Gasteiger partial charge in [0.2, 0.25) is 0 Å². The van der Waals surface area contributed by atoms with E-state index in [1.807, 2.05) is 35.0 Å². The third-order valence-electron chi connectivity index (χ3n) is 7.72. The Morgan fingerprint density at radius 3 is 2.42 bits per heavy atom. The first kappa shape index (κ1) is 27.6. The largest absolute Gasteiger partial charge is 0.497 e. The van der Waals surface area contributed by atoms with Gasteiger partial charge in [0.25, 0.3) is 5.56 Å². The van der Waals surface area contributed by atoms with E-state index in [2.05, 4.69) is 72.2 Å². The van der Waals surface area contributed by atoms with Crippen molar-refractivity contribution in [2.24, 2.45) is 5.92 Å². The van der Waals surface area contributed by atoms with Gasteiger partial charge in [-0.2, -0.15) is 0 Å². The lowest BCUT2D eigenvalue weighted by molar-refractivity contribution is 0.117. The second-order valence-electron chi connectivity index (χ2n) is 11.3. The monoisotopic (exact) mass is 546 g/mol. The summed E-state index contributed by atoms with van der Waals surface area (Å²) >= 11 is 0. The highest BCUT2D eigenvalue weighted by Crippen LogP contribution is 2.35. The summed E-state index contributed by atoms with van der Waals surface area (Å²) < 4.78 is 18.8. The maximum atomic E-state index is 13.4. The molecule has 212 valence electrons. The van der Waals surface area contributed by atoms with Gasteiger partial charge in [-0.15, -0.1) is 5.10 Å². The summed E-state index contributed by atoms with van der Waals surface area (Å²) in [5.74, 6) is 3.08. The molecule has 1 atom stereocenters. The zero-order chi connectivity index (χ0) is 28.4. The third-order valence-corrected chi connectivity index (χ3v) is 7.72.